The van der Waals surface area contributed by atoms with E-state index in [0.29, 0.717) is 19.3 Å². The molecule has 8 N–H and O–H groups in total. The van der Waals surface area contributed by atoms with Crippen LogP contribution in [0.3, 0.4) is 0 Å². The van der Waals surface area contributed by atoms with Crippen molar-refractivity contribution in [3.63, 3.8) is 0 Å². The van der Waals surface area contributed by atoms with Gasteiger partial charge in [0.25, 0.3) is 0 Å². The monoisotopic (exact) mass is 1050 g/mol. The smallest absolute Gasteiger partial charge is 0.249 e. The van der Waals surface area contributed by atoms with Gasteiger partial charge in [-0.1, -0.05) is 236 Å². The minimum Gasteiger partial charge on any atom is -0.394 e. The summed E-state index contributed by atoms with van der Waals surface area (Å²) >= 11 is 0. The molecule has 9 atom stereocenters. The molecule has 1 saturated heterocycles. The van der Waals surface area contributed by atoms with Gasteiger partial charge in [0.05, 0.1) is 25.4 Å². The fraction of sp³-hybridized carbons (Fsp3) is 0.857. The van der Waals surface area contributed by atoms with Gasteiger partial charge in [-0.25, -0.2) is 0 Å². The summed E-state index contributed by atoms with van der Waals surface area (Å²) in [6.07, 6.45) is 54.7. The van der Waals surface area contributed by atoms with Crippen molar-refractivity contribution in [2.45, 2.75) is 332 Å². The van der Waals surface area contributed by atoms with E-state index in [4.69, 9.17) is 9.47 Å². The first-order valence-electron chi connectivity index (χ1n) is 31.0. The van der Waals surface area contributed by atoms with E-state index in [1.807, 2.05) is 0 Å². The average Bonchev–Trinajstić information content (AvgIpc) is 3.40. The molecule has 1 rings (SSSR count). The van der Waals surface area contributed by atoms with Gasteiger partial charge in [-0.05, 0) is 89.9 Å². The predicted molar refractivity (Wildman–Crippen MR) is 307 cm³/mol. The molecular formula is C63H117NO10. The number of carbonyl (C=O) groups excluding carboxylic acids is 1. The maximum absolute atomic E-state index is 13.2. The zero-order chi connectivity index (χ0) is 54.0. The largest absolute Gasteiger partial charge is 0.394 e. The SMILES string of the molecule is CCCCCC/C=C/CC/C=C/CC/C=C/CCCC(O)C(O)C(COC1OC(CO)C(O)C(O)C1O)NC(=O)C(O)CCCCCCCCCCCCCCCC/C=C\CCCCCCCCCCCCCC. The maximum atomic E-state index is 13.2. The molecule has 0 saturated carbocycles. The van der Waals surface area contributed by atoms with Gasteiger partial charge >= 0.3 is 0 Å². The molecule has 0 radical (unpaired) electrons. The van der Waals surface area contributed by atoms with E-state index in [-0.39, 0.29) is 12.8 Å². The normalized spacial score (nSPS) is 20.1. The first-order valence-corrected chi connectivity index (χ1v) is 31.0. The van der Waals surface area contributed by atoms with E-state index in [9.17, 15) is 40.5 Å². The Bertz CT molecular complexity index is 1340. The molecule has 0 aromatic carbocycles. The van der Waals surface area contributed by atoms with Crippen molar-refractivity contribution in [1.29, 1.82) is 0 Å². The number of hydrogen-bond acceptors (Lipinski definition) is 10. The molecule has 11 nitrogen and oxygen atoms in total. The molecule has 1 fully saturated rings. The lowest BCUT2D eigenvalue weighted by Crippen LogP contribution is -2.60. The Morgan fingerprint density at radius 3 is 1.22 bits per heavy atom. The molecule has 1 amide bonds. The van der Waals surface area contributed by atoms with Gasteiger partial charge in [-0.2, -0.15) is 0 Å². The second-order valence-electron chi connectivity index (χ2n) is 21.7. The second-order valence-corrected chi connectivity index (χ2v) is 21.7. The molecule has 0 aromatic rings. The highest BCUT2D eigenvalue weighted by Gasteiger charge is 2.44. The van der Waals surface area contributed by atoms with Crippen LogP contribution >= 0.6 is 0 Å². The topological polar surface area (TPSA) is 189 Å². The highest BCUT2D eigenvalue weighted by atomic mass is 16.7. The van der Waals surface area contributed by atoms with Crippen molar-refractivity contribution in [3.8, 4) is 0 Å². The fourth-order valence-electron chi connectivity index (χ4n) is 9.76. The third kappa shape index (κ3) is 39.4. The van der Waals surface area contributed by atoms with Gasteiger partial charge in [-0.3, -0.25) is 4.79 Å². The van der Waals surface area contributed by atoms with E-state index < -0.39 is 74.2 Å². The summed E-state index contributed by atoms with van der Waals surface area (Å²) in [6, 6.07) is -1.20. The molecule has 11 heteroatoms. The maximum Gasteiger partial charge on any atom is 0.249 e. The van der Waals surface area contributed by atoms with Gasteiger partial charge < -0.3 is 50.5 Å². The lowest BCUT2D eigenvalue weighted by Gasteiger charge is -2.40. The van der Waals surface area contributed by atoms with Crippen molar-refractivity contribution in [3.05, 3.63) is 48.6 Å². The standard InChI is InChI=1S/C63H117NO10/c1-3-5-7-9-11-13-15-17-19-21-22-23-24-25-26-27-28-29-30-31-32-33-35-37-39-41-43-45-47-49-51-56(67)62(72)64-54(53-73-63-61(71)60(70)59(69)57(52-65)74-63)58(68)55(66)50-48-46-44-42-40-38-36-34-20-18-16-14-12-10-8-6-4-2/h14,16,25-26,34,36,42,44,54-61,63,65-71H,3-13,15,17-24,27-33,35,37-41,43,45-53H2,1-2H3,(H,64,72)/b16-14+,26-25-,36-34+,44-42+. The summed E-state index contributed by atoms with van der Waals surface area (Å²) in [5.41, 5.74) is 0. The Morgan fingerprint density at radius 1 is 0.459 bits per heavy atom. The van der Waals surface area contributed by atoms with Crippen LogP contribution in [0.25, 0.3) is 0 Å². The van der Waals surface area contributed by atoms with Crippen LogP contribution in [0, 0.1) is 0 Å². The van der Waals surface area contributed by atoms with E-state index in [1.165, 1.54) is 186 Å². The van der Waals surface area contributed by atoms with Gasteiger partial charge in [0.15, 0.2) is 6.29 Å². The number of amides is 1. The molecule has 0 aliphatic carbocycles. The average molecular weight is 1050 g/mol. The minimum absolute atomic E-state index is 0.241. The van der Waals surface area contributed by atoms with Gasteiger partial charge in [-0.15, -0.1) is 0 Å². The first-order chi connectivity index (χ1) is 36.2. The molecule has 0 spiro atoms. The Kier molecular flexibility index (Phi) is 49.1. The van der Waals surface area contributed by atoms with Crippen molar-refractivity contribution in [2.24, 2.45) is 0 Å². The fourth-order valence-corrected chi connectivity index (χ4v) is 9.76. The van der Waals surface area contributed by atoms with Crippen LogP contribution in [-0.2, 0) is 14.3 Å². The second kappa shape index (κ2) is 51.8. The van der Waals surface area contributed by atoms with Crippen molar-refractivity contribution < 1.29 is 50.0 Å². The summed E-state index contributed by atoms with van der Waals surface area (Å²) in [5, 5.41) is 76.1. The van der Waals surface area contributed by atoms with Crippen LogP contribution in [0.15, 0.2) is 48.6 Å². The Morgan fingerprint density at radius 2 is 0.811 bits per heavy atom. The molecule has 0 aromatic heterocycles. The van der Waals surface area contributed by atoms with Crippen LogP contribution < -0.4 is 5.32 Å². The Labute approximate surface area is 453 Å². The lowest BCUT2D eigenvalue weighted by molar-refractivity contribution is -0.303. The summed E-state index contributed by atoms with van der Waals surface area (Å²) < 4.78 is 11.1. The summed E-state index contributed by atoms with van der Waals surface area (Å²) in [6.45, 7) is 3.43. The highest BCUT2D eigenvalue weighted by molar-refractivity contribution is 5.80. The van der Waals surface area contributed by atoms with Crippen LogP contribution in [-0.4, -0.2) is 110 Å². The molecule has 1 aliphatic rings. The van der Waals surface area contributed by atoms with Crippen molar-refractivity contribution >= 4 is 5.91 Å². The van der Waals surface area contributed by atoms with E-state index in [2.05, 4.69) is 67.8 Å². The summed E-state index contributed by atoms with van der Waals surface area (Å²) in [4.78, 5) is 13.2. The summed E-state index contributed by atoms with van der Waals surface area (Å²) in [7, 11) is 0. The van der Waals surface area contributed by atoms with Crippen molar-refractivity contribution in [1.82, 2.24) is 5.32 Å². The molecule has 1 heterocycles. The lowest BCUT2D eigenvalue weighted by atomic mass is 9.98. The molecular weight excluding hydrogens is 931 g/mol. The molecule has 74 heavy (non-hydrogen) atoms. The Balaban J connectivity index is 2.25. The predicted octanol–water partition coefficient (Wildman–Crippen LogP) is 13.6. The van der Waals surface area contributed by atoms with E-state index in [1.54, 1.807) is 0 Å². The van der Waals surface area contributed by atoms with Crippen LogP contribution in [0.2, 0.25) is 0 Å². The minimum atomic E-state index is -1.67. The van der Waals surface area contributed by atoms with Crippen LogP contribution in [0.1, 0.15) is 277 Å². The highest BCUT2D eigenvalue weighted by Crippen LogP contribution is 2.23. The Hall–Kier alpha value is -1.93. The number of aliphatic hydroxyl groups excluding tert-OH is 7. The zero-order valence-electron chi connectivity index (χ0n) is 47.6. The van der Waals surface area contributed by atoms with Gasteiger partial charge in [0, 0.05) is 0 Å². The van der Waals surface area contributed by atoms with Gasteiger partial charge in [0.1, 0.15) is 36.6 Å². The zero-order valence-corrected chi connectivity index (χ0v) is 47.6. The number of nitrogens with one attached hydrogen (secondary N) is 1. The quantitative estimate of drug-likeness (QED) is 0.0215. The van der Waals surface area contributed by atoms with Crippen LogP contribution in [0.5, 0.6) is 0 Å². The number of ether oxygens (including phenoxy) is 2. The number of aliphatic hydroxyl groups is 7. The van der Waals surface area contributed by atoms with E-state index >= 15 is 0 Å². The van der Waals surface area contributed by atoms with Crippen molar-refractivity contribution in [2.75, 3.05) is 13.2 Å². The third-order valence-electron chi connectivity index (χ3n) is 14.8. The molecule has 9 unspecified atom stereocenters. The molecule has 1 aliphatic heterocycles. The third-order valence-corrected chi connectivity index (χ3v) is 14.8. The number of allylic oxidation sites excluding steroid dienone is 8. The molecule has 434 valence electrons. The first kappa shape index (κ1) is 70.1. The number of hydrogen-bond donors (Lipinski definition) is 8. The number of rotatable bonds is 53. The number of unbranched alkanes of at least 4 members (excludes halogenated alkanes) is 33. The number of carbonyl (C=O) groups is 1. The van der Waals surface area contributed by atoms with Gasteiger partial charge in [0.2, 0.25) is 5.91 Å². The molecule has 0 bridgehead atoms. The van der Waals surface area contributed by atoms with Crippen LogP contribution in [0.4, 0.5) is 0 Å². The summed E-state index contributed by atoms with van der Waals surface area (Å²) in [5.74, 6) is -0.711. The van der Waals surface area contributed by atoms with E-state index in [0.717, 1.165) is 44.9 Å².